The summed E-state index contributed by atoms with van der Waals surface area (Å²) in [5.74, 6) is -0.373. The van der Waals surface area contributed by atoms with Crippen LogP contribution in [0.4, 0.5) is 13.2 Å². The van der Waals surface area contributed by atoms with Crippen LogP contribution in [0, 0.1) is 0 Å². The average molecular weight is 318 g/mol. The van der Waals surface area contributed by atoms with E-state index in [1.807, 2.05) is 0 Å². The van der Waals surface area contributed by atoms with E-state index >= 15 is 0 Å². The van der Waals surface area contributed by atoms with Crippen molar-refractivity contribution in [2.45, 2.75) is 32.0 Å². The highest BCUT2D eigenvalue weighted by Gasteiger charge is 2.34. The third-order valence-corrected chi connectivity index (χ3v) is 2.92. The van der Waals surface area contributed by atoms with Crippen LogP contribution in [0.25, 0.3) is 0 Å². The summed E-state index contributed by atoms with van der Waals surface area (Å²) in [5, 5.41) is 5.63. The third-order valence-electron chi connectivity index (χ3n) is 2.92. The molecule has 2 N–H and O–H groups in total. The quantitative estimate of drug-likeness (QED) is 0.724. The van der Waals surface area contributed by atoms with E-state index in [2.05, 4.69) is 10.6 Å². The van der Waals surface area contributed by atoms with Crippen molar-refractivity contribution in [3.63, 3.8) is 0 Å². The normalized spacial score (nSPS) is 12.8. The summed E-state index contributed by atoms with van der Waals surface area (Å²) in [6, 6.07) is 4.65. The fourth-order valence-electron chi connectivity index (χ4n) is 1.86. The smallest absolute Gasteiger partial charge is 0.419 e. The minimum atomic E-state index is -4.46. The maximum Gasteiger partial charge on any atom is 0.419 e. The zero-order valence-corrected chi connectivity index (χ0v) is 12.7. The second-order valence-electron chi connectivity index (χ2n) is 4.98. The van der Waals surface area contributed by atoms with Gasteiger partial charge in [0.1, 0.15) is 12.4 Å². The average Bonchev–Trinajstić information content (AvgIpc) is 2.44. The highest BCUT2D eigenvalue weighted by molar-refractivity contribution is 5.76. The molecule has 0 heterocycles. The summed E-state index contributed by atoms with van der Waals surface area (Å²) < 4.78 is 43.6. The zero-order valence-electron chi connectivity index (χ0n) is 12.7. The number of amides is 1. The molecule has 22 heavy (non-hydrogen) atoms. The summed E-state index contributed by atoms with van der Waals surface area (Å²) in [7, 11) is 1.80. The minimum Gasteiger partial charge on any atom is -0.491 e. The van der Waals surface area contributed by atoms with E-state index in [0.717, 1.165) is 12.6 Å². The highest BCUT2D eigenvalue weighted by Crippen LogP contribution is 2.35. The van der Waals surface area contributed by atoms with Gasteiger partial charge in [-0.2, -0.15) is 13.2 Å². The summed E-state index contributed by atoms with van der Waals surface area (Å²) in [6.07, 6.45) is -3.40. The molecule has 1 atom stereocenters. The number of rotatable bonds is 8. The molecule has 1 aromatic carbocycles. The maximum absolute atomic E-state index is 12.8. The fraction of sp³-hybridized carbons (Fsp3) is 0.533. The molecule has 1 aromatic rings. The van der Waals surface area contributed by atoms with Gasteiger partial charge in [-0.3, -0.25) is 4.79 Å². The van der Waals surface area contributed by atoms with Crippen molar-refractivity contribution < 1.29 is 22.7 Å². The van der Waals surface area contributed by atoms with Gasteiger partial charge in [0, 0.05) is 6.42 Å². The van der Waals surface area contributed by atoms with E-state index in [9.17, 15) is 18.0 Å². The molecular weight excluding hydrogens is 297 g/mol. The molecule has 0 spiro atoms. The number of ether oxygens (including phenoxy) is 1. The molecule has 1 amide bonds. The Bertz CT molecular complexity index is 478. The standard InChI is InChI=1S/C15H21F3N2O2/c1-11(20-14(21)8-5-9-19-2)10-22-13-7-4-3-6-12(13)15(16,17)18/h3-4,6-7,11,19H,5,8-10H2,1-2H3,(H,20,21). The topological polar surface area (TPSA) is 50.4 Å². The van der Waals surface area contributed by atoms with Gasteiger partial charge in [-0.1, -0.05) is 12.1 Å². The molecule has 0 saturated heterocycles. The van der Waals surface area contributed by atoms with Gasteiger partial charge in [0.2, 0.25) is 5.91 Å². The Kier molecular flexibility index (Phi) is 7.17. The van der Waals surface area contributed by atoms with Crippen LogP contribution in [0.3, 0.4) is 0 Å². The van der Waals surface area contributed by atoms with E-state index in [-0.39, 0.29) is 24.3 Å². The molecule has 0 aliphatic rings. The Labute approximate surface area is 128 Å². The van der Waals surface area contributed by atoms with Gasteiger partial charge in [0.05, 0.1) is 11.6 Å². The monoisotopic (exact) mass is 318 g/mol. The molecule has 0 fully saturated rings. The van der Waals surface area contributed by atoms with Gasteiger partial charge >= 0.3 is 6.18 Å². The molecule has 0 aromatic heterocycles. The van der Waals surface area contributed by atoms with E-state index in [4.69, 9.17) is 4.74 Å². The van der Waals surface area contributed by atoms with Gasteiger partial charge in [0.15, 0.2) is 0 Å². The van der Waals surface area contributed by atoms with E-state index in [0.29, 0.717) is 12.8 Å². The van der Waals surface area contributed by atoms with Crippen LogP contribution in [0.1, 0.15) is 25.3 Å². The number of hydrogen-bond donors (Lipinski definition) is 2. The second-order valence-corrected chi connectivity index (χ2v) is 4.98. The predicted octanol–water partition coefficient (Wildman–Crippen LogP) is 2.59. The molecule has 4 nitrogen and oxygen atoms in total. The van der Waals surface area contributed by atoms with Crippen LogP contribution >= 0.6 is 0 Å². The van der Waals surface area contributed by atoms with Crippen LogP contribution in [0.5, 0.6) is 5.75 Å². The Morgan fingerprint density at radius 2 is 2.00 bits per heavy atom. The lowest BCUT2D eigenvalue weighted by molar-refractivity contribution is -0.139. The molecule has 7 heteroatoms. The highest BCUT2D eigenvalue weighted by atomic mass is 19.4. The molecule has 0 aliphatic heterocycles. The van der Waals surface area contributed by atoms with Gasteiger partial charge < -0.3 is 15.4 Å². The SMILES string of the molecule is CNCCCC(=O)NC(C)COc1ccccc1C(F)(F)F. The van der Waals surface area contributed by atoms with Crippen molar-refractivity contribution in [3.8, 4) is 5.75 Å². The van der Waals surface area contributed by atoms with Gasteiger partial charge in [0.25, 0.3) is 0 Å². The number of carbonyl (C=O) groups excluding carboxylic acids is 1. The summed E-state index contributed by atoms with van der Waals surface area (Å²) in [5.41, 5.74) is -0.817. The van der Waals surface area contributed by atoms with Gasteiger partial charge in [-0.25, -0.2) is 0 Å². The van der Waals surface area contributed by atoms with Gasteiger partial charge in [-0.05, 0) is 39.1 Å². The largest absolute Gasteiger partial charge is 0.491 e. The zero-order chi connectivity index (χ0) is 16.6. The second kappa shape index (κ2) is 8.63. The van der Waals surface area contributed by atoms with Crippen molar-refractivity contribution in [1.29, 1.82) is 0 Å². The van der Waals surface area contributed by atoms with Crippen molar-refractivity contribution in [3.05, 3.63) is 29.8 Å². The first-order chi connectivity index (χ1) is 10.3. The van der Waals surface area contributed by atoms with Crippen LogP contribution in [0.15, 0.2) is 24.3 Å². The van der Waals surface area contributed by atoms with Crippen molar-refractivity contribution >= 4 is 5.91 Å². The molecule has 0 bridgehead atoms. The fourth-order valence-corrected chi connectivity index (χ4v) is 1.86. The van der Waals surface area contributed by atoms with Crippen LogP contribution in [0.2, 0.25) is 0 Å². The van der Waals surface area contributed by atoms with E-state index < -0.39 is 11.7 Å². The van der Waals surface area contributed by atoms with E-state index in [1.165, 1.54) is 18.2 Å². The van der Waals surface area contributed by atoms with Crippen molar-refractivity contribution in [2.24, 2.45) is 0 Å². The molecule has 0 radical (unpaired) electrons. The van der Waals surface area contributed by atoms with Crippen molar-refractivity contribution in [2.75, 3.05) is 20.2 Å². The summed E-state index contributed by atoms with van der Waals surface area (Å²) >= 11 is 0. The Morgan fingerprint density at radius 1 is 1.32 bits per heavy atom. The number of para-hydroxylation sites is 1. The Balaban J connectivity index is 2.48. The first kappa shape index (κ1) is 18.3. The van der Waals surface area contributed by atoms with Crippen LogP contribution in [-0.2, 0) is 11.0 Å². The molecule has 1 unspecified atom stereocenters. The number of nitrogens with one attached hydrogen (secondary N) is 2. The summed E-state index contributed by atoms with van der Waals surface area (Å²) in [6.45, 7) is 2.40. The molecule has 0 aliphatic carbocycles. The number of halogens is 3. The first-order valence-corrected chi connectivity index (χ1v) is 7.07. The lowest BCUT2D eigenvalue weighted by atomic mass is 10.2. The van der Waals surface area contributed by atoms with Gasteiger partial charge in [-0.15, -0.1) is 0 Å². The maximum atomic E-state index is 12.8. The van der Waals surface area contributed by atoms with Crippen LogP contribution in [-0.4, -0.2) is 32.1 Å². The lowest BCUT2D eigenvalue weighted by Crippen LogP contribution is -2.37. The number of carbonyl (C=O) groups is 1. The van der Waals surface area contributed by atoms with Crippen molar-refractivity contribution in [1.82, 2.24) is 10.6 Å². The Morgan fingerprint density at radius 3 is 2.64 bits per heavy atom. The lowest BCUT2D eigenvalue weighted by Gasteiger charge is -2.18. The predicted molar refractivity (Wildman–Crippen MR) is 77.7 cm³/mol. The molecular formula is C15H21F3N2O2. The molecule has 124 valence electrons. The number of hydrogen-bond acceptors (Lipinski definition) is 3. The molecule has 1 rings (SSSR count). The minimum absolute atomic E-state index is 0.0230. The van der Waals surface area contributed by atoms with Crippen LogP contribution < -0.4 is 15.4 Å². The number of benzene rings is 1. The molecule has 0 saturated carbocycles. The third kappa shape index (κ3) is 6.34. The summed E-state index contributed by atoms with van der Waals surface area (Å²) in [4.78, 5) is 11.6. The first-order valence-electron chi connectivity index (χ1n) is 7.07. The Hall–Kier alpha value is -1.76. The van der Waals surface area contributed by atoms with E-state index in [1.54, 1.807) is 14.0 Å². The number of alkyl halides is 3.